The normalized spacial score (nSPS) is 20.8. The number of benzene rings is 3. The summed E-state index contributed by atoms with van der Waals surface area (Å²) < 4.78 is 103. The second-order valence-electron chi connectivity index (χ2n) is 11.1. The van der Waals surface area contributed by atoms with Crippen LogP contribution in [0.5, 0.6) is 5.75 Å². The van der Waals surface area contributed by atoms with E-state index in [1.807, 2.05) is 12.1 Å². The summed E-state index contributed by atoms with van der Waals surface area (Å²) in [5.41, 5.74) is -0.0630. The molecule has 2 fully saturated rings. The molecule has 1 nitrogen and oxygen atoms in total. The van der Waals surface area contributed by atoms with Crippen LogP contribution in [0.4, 0.5) is 30.7 Å². The summed E-state index contributed by atoms with van der Waals surface area (Å²) in [6.07, 6.45) is 8.08. The first kappa shape index (κ1) is 28.5. The van der Waals surface area contributed by atoms with Gasteiger partial charge < -0.3 is 4.74 Å². The SMILES string of the molecule is Fc1cc(OC(F)(F)c2c(F)cc(-c3ccc(C4CCC(C5CCCCCC5)CC4)cc3)cc2F)cc(F)c1F. The second kappa shape index (κ2) is 11.8. The van der Waals surface area contributed by atoms with Crippen LogP contribution in [-0.2, 0) is 6.11 Å². The molecule has 0 saturated heterocycles. The molecule has 0 N–H and O–H groups in total. The van der Waals surface area contributed by atoms with E-state index < -0.39 is 46.5 Å². The number of rotatable bonds is 6. The predicted octanol–water partition coefficient (Wildman–Crippen LogP) is 10.4. The lowest BCUT2D eigenvalue weighted by Crippen LogP contribution is -2.25. The average Bonchev–Trinajstić information content (AvgIpc) is 3.21. The summed E-state index contributed by atoms with van der Waals surface area (Å²) >= 11 is 0. The van der Waals surface area contributed by atoms with E-state index in [2.05, 4.69) is 4.74 Å². The topological polar surface area (TPSA) is 9.23 Å². The van der Waals surface area contributed by atoms with Gasteiger partial charge in [0.25, 0.3) is 0 Å². The molecule has 2 aliphatic carbocycles. The Hall–Kier alpha value is -3.03. The lowest BCUT2D eigenvalue weighted by atomic mass is 9.72. The van der Waals surface area contributed by atoms with Crippen molar-refractivity contribution in [1.29, 1.82) is 0 Å². The smallest absolute Gasteiger partial charge is 0.429 e. The lowest BCUT2D eigenvalue weighted by Gasteiger charge is -2.34. The van der Waals surface area contributed by atoms with Crippen molar-refractivity contribution in [2.24, 2.45) is 11.8 Å². The van der Waals surface area contributed by atoms with E-state index in [0.29, 0.717) is 11.5 Å². The molecule has 0 aromatic heterocycles. The van der Waals surface area contributed by atoms with Crippen LogP contribution in [-0.4, -0.2) is 0 Å². The van der Waals surface area contributed by atoms with Gasteiger partial charge in [-0.15, -0.1) is 0 Å². The summed E-state index contributed by atoms with van der Waals surface area (Å²) in [5.74, 6) is -7.70. The molecule has 40 heavy (non-hydrogen) atoms. The largest absolute Gasteiger partial charge is 0.432 e. The fourth-order valence-electron chi connectivity index (χ4n) is 6.46. The molecule has 0 unspecified atom stereocenters. The van der Waals surface area contributed by atoms with E-state index in [1.165, 1.54) is 51.4 Å². The maximum atomic E-state index is 14.8. The third kappa shape index (κ3) is 6.16. The van der Waals surface area contributed by atoms with E-state index in [1.54, 1.807) is 12.1 Å². The van der Waals surface area contributed by atoms with Crippen molar-refractivity contribution in [2.75, 3.05) is 0 Å². The monoisotopic (exact) mass is 564 g/mol. The summed E-state index contributed by atoms with van der Waals surface area (Å²) in [7, 11) is 0. The quantitative estimate of drug-likeness (QED) is 0.164. The Morgan fingerprint density at radius 3 is 1.65 bits per heavy atom. The van der Waals surface area contributed by atoms with Crippen molar-refractivity contribution >= 4 is 0 Å². The highest BCUT2D eigenvalue weighted by Gasteiger charge is 2.41. The van der Waals surface area contributed by atoms with Crippen molar-refractivity contribution in [1.82, 2.24) is 0 Å². The average molecular weight is 565 g/mol. The van der Waals surface area contributed by atoms with Crippen molar-refractivity contribution in [3.8, 4) is 16.9 Å². The Bertz CT molecular complexity index is 1280. The van der Waals surface area contributed by atoms with Crippen LogP contribution in [0.25, 0.3) is 11.1 Å². The predicted molar refractivity (Wildman–Crippen MR) is 139 cm³/mol. The first-order chi connectivity index (χ1) is 19.1. The van der Waals surface area contributed by atoms with Crippen molar-refractivity contribution in [3.63, 3.8) is 0 Å². The highest BCUT2D eigenvalue weighted by molar-refractivity contribution is 5.64. The van der Waals surface area contributed by atoms with E-state index in [9.17, 15) is 30.7 Å². The fraction of sp³-hybridized carbons (Fsp3) is 0.438. The highest BCUT2D eigenvalue weighted by atomic mass is 19.3. The molecule has 8 heteroatoms. The van der Waals surface area contributed by atoms with Gasteiger partial charge in [-0.1, -0.05) is 62.8 Å². The third-order valence-corrected chi connectivity index (χ3v) is 8.59. The van der Waals surface area contributed by atoms with Gasteiger partial charge in [0.05, 0.1) is 0 Å². The molecular formula is C32H31F7O. The Morgan fingerprint density at radius 2 is 1.10 bits per heavy atom. The molecule has 0 atom stereocenters. The van der Waals surface area contributed by atoms with E-state index in [4.69, 9.17) is 0 Å². The molecule has 0 heterocycles. The summed E-state index contributed by atoms with van der Waals surface area (Å²) in [6.45, 7) is 0. The Kier molecular flexibility index (Phi) is 8.43. The van der Waals surface area contributed by atoms with E-state index >= 15 is 0 Å². The van der Waals surface area contributed by atoms with Gasteiger partial charge >= 0.3 is 6.11 Å². The zero-order valence-corrected chi connectivity index (χ0v) is 22.0. The first-order valence-electron chi connectivity index (χ1n) is 13.9. The van der Waals surface area contributed by atoms with Crippen LogP contribution < -0.4 is 4.74 Å². The molecule has 2 aliphatic rings. The van der Waals surface area contributed by atoms with Gasteiger partial charge in [0.2, 0.25) is 0 Å². The van der Waals surface area contributed by atoms with Crippen LogP contribution in [0.1, 0.15) is 81.3 Å². The van der Waals surface area contributed by atoms with Gasteiger partial charge in [-0.3, -0.25) is 0 Å². The van der Waals surface area contributed by atoms with Gasteiger partial charge in [-0.05, 0) is 72.3 Å². The van der Waals surface area contributed by atoms with Gasteiger partial charge in [-0.25, -0.2) is 22.0 Å². The molecule has 0 spiro atoms. The Labute approximate surface area is 229 Å². The third-order valence-electron chi connectivity index (χ3n) is 8.59. The van der Waals surface area contributed by atoms with Crippen LogP contribution in [0.15, 0.2) is 48.5 Å². The Morgan fingerprint density at radius 1 is 0.575 bits per heavy atom. The van der Waals surface area contributed by atoms with Crippen molar-refractivity contribution in [2.45, 2.75) is 76.2 Å². The van der Waals surface area contributed by atoms with Crippen LogP contribution >= 0.6 is 0 Å². The zero-order valence-electron chi connectivity index (χ0n) is 22.0. The van der Waals surface area contributed by atoms with Gasteiger partial charge in [-0.2, -0.15) is 8.78 Å². The maximum absolute atomic E-state index is 14.8. The summed E-state index contributed by atoms with van der Waals surface area (Å²) in [6, 6.07) is 9.14. The zero-order chi connectivity index (χ0) is 28.4. The van der Waals surface area contributed by atoms with Gasteiger partial charge in [0.15, 0.2) is 17.5 Å². The van der Waals surface area contributed by atoms with Crippen molar-refractivity contribution in [3.05, 3.63) is 88.7 Å². The molecule has 3 aromatic rings. The van der Waals surface area contributed by atoms with Crippen LogP contribution in [0.3, 0.4) is 0 Å². The second-order valence-corrected chi connectivity index (χ2v) is 11.1. The van der Waals surface area contributed by atoms with Crippen LogP contribution in [0.2, 0.25) is 0 Å². The minimum Gasteiger partial charge on any atom is -0.429 e. The summed E-state index contributed by atoms with van der Waals surface area (Å²) in [5, 5.41) is 0. The number of hydrogen-bond acceptors (Lipinski definition) is 1. The molecular weight excluding hydrogens is 533 g/mol. The Balaban J connectivity index is 1.27. The standard InChI is InChI=1S/C32H31F7O/c33-26-15-24(16-27(34)30(26)32(38,39)40-25-17-28(35)31(37)29(36)18-25)23-13-11-22(12-14-23)21-9-7-20(8-10-21)19-5-3-1-2-4-6-19/h11-21H,1-10H2. The molecule has 0 amide bonds. The number of hydrogen-bond donors (Lipinski definition) is 0. The lowest BCUT2D eigenvalue weighted by molar-refractivity contribution is -0.189. The minimum atomic E-state index is -4.62. The first-order valence-corrected chi connectivity index (χ1v) is 13.9. The van der Waals surface area contributed by atoms with Gasteiger partial charge in [0, 0.05) is 12.1 Å². The van der Waals surface area contributed by atoms with E-state index in [0.717, 1.165) is 42.4 Å². The van der Waals surface area contributed by atoms with Crippen molar-refractivity contribution < 1.29 is 35.5 Å². The summed E-state index contributed by atoms with van der Waals surface area (Å²) in [4.78, 5) is 0. The minimum absolute atomic E-state index is 0.0528. The van der Waals surface area contributed by atoms with E-state index in [-0.39, 0.29) is 17.7 Å². The maximum Gasteiger partial charge on any atom is 0.432 e. The van der Waals surface area contributed by atoms with Crippen LogP contribution in [0, 0.1) is 40.9 Å². The fourth-order valence-corrected chi connectivity index (χ4v) is 6.46. The molecule has 5 rings (SSSR count). The molecule has 0 bridgehead atoms. The molecule has 2 saturated carbocycles. The molecule has 214 valence electrons. The molecule has 0 radical (unpaired) electrons. The number of alkyl halides is 2. The molecule has 3 aromatic carbocycles. The highest BCUT2D eigenvalue weighted by Crippen LogP contribution is 2.43. The number of ether oxygens (including phenoxy) is 1. The van der Waals surface area contributed by atoms with Gasteiger partial charge in [0.1, 0.15) is 22.9 Å². The number of halogens is 7. The molecule has 0 aliphatic heterocycles.